The highest BCUT2D eigenvalue weighted by molar-refractivity contribution is 6.30. The van der Waals surface area contributed by atoms with E-state index in [1.54, 1.807) is 21.8 Å². The van der Waals surface area contributed by atoms with Gasteiger partial charge in [0.1, 0.15) is 5.15 Å². The number of nitrogens with zero attached hydrogens (tertiary/aromatic N) is 4. The molecule has 2 rings (SSSR count). The molecule has 5 nitrogen and oxygen atoms in total. The Balaban J connectivity index is 2.31. The molecular weight excluding hydrogens is 214 g/mol. The molecule has 0 bridgehead atoms. The molecule has 0 radical (unpaired) electrons. The van der Waals surface area contributed by atoms with E-state index in [-0.39, 0.29) is 0 Å². The van der Waals surface area contributed by atoms with E-state index in [2.05, 4.69) is 10.2 Å². The van der Waals surface area contributed by atoms with E-state index in [1.165, 1.54) is 0 Å². The van der Waals surface area contributed by atoms with Crippen LogP contribution in [0, 0.1) is 6.92 Å². The Bertz CT molecular complexity index is 485. The molecule has 0 spiro atoms. The van der Waals surface area contributed by atoms with E-state index in [0.717, 1.165) is 11.3 Å². The summed E-state index contributed by atoms with van der Waals surface area (Å²) in [5, 5.41) is 8.96. The zero-order valence-electron chi connectivity index (χ0n) is 8.61. The van der Waals surface area contributed by atoms with Gasteiger partial charge in [0.05, 0.1) is 24.1 Å². The Kier molecular flexibility index (Phi) is 2.40. The average Bonchev–Trinajstić information content (AvgIpc) is 2.67. The SMILES string of the molecule is Cc1nn(C)c(Cl)c1Cn1cc(N)cn1. The number of aromatic nitrogens is 4. The number of anilines is 1. The molecule has 0 saturated heterocycles. The van der Waals surface area contributed by atoms with Gasteiger partial charge in [-0.1, -0.05) is 11.6 Å². The van der Waals surface area contributed by atoms with Crippen molar-refractivity contribution in [2.45, 2.75) is 13.5 Å². The molecule has 15 heavy (non-hydrogen) atoms. The van der Waals surface area contributed by atoms with E-state index in [0.29, 0.717) is 17.4 Å². The summed E-state index contributed by atoms with van der Waals surface area (Å²) < 4.78 is 3.39. The third kappa shape index (κ3) is 1.83. The first kappa shape index (κ1) is 10.0. The standard InChI is InChI=1S/C9H12ClN5/c1-6-8(9(10)14(2)13-6)5-15-4-7(11)3-12-15/h3-4H,5,11H2,1-2H3. The van der Waals surface area contributed by atoms with Gasteiger partial charge in [-0.3, -0.25) is 9.36 Å². The van der Waals surface area contributed by atoms with E-state index in [9.17, 15) is 0 Å². The van der Waals surface area contributed by atoms with E-state index in [1.807, 2.05) is 14.0 Å². The largest absolute Gasteiger partial charge is 0.396 e. The Morgan fingerprint density at radius 3 is 2.73 bits per heavy atom. The maximum atomic E-state index is 6.10. The molecular formula is C9H12ClN5. The number of halogens is 1. The maximum absolute atomic E-state index is 6.10. The molecule has 80 valence electrons. The second-order valence-corrected chi connectivity index (χ2v) is 3.81. The molecule has 2 aromatic heterocycles. The van der Waals surface area contributed by atoms with Gasteiger partial charge < -0.3 is 5.73 Å². The van der Waals surface area contributed by atoms with E-state index >= 15 is 0 Å². The van der Waals surface area contributed by atoms with Gasteiger partial charge in [0.15, 0.2) is 0 Å². The minimum absolute atomic E-state index is 0.593. The number of aryl methyl sites for hydroxylation is 2. The van der Waals surface area contributed by atoms with Crippen molar-refractivity contribution >= 4 is 17.3 Å². The van der Waals surface area contributed by atoms with E-state index in [4.69, 9.17) is 17.3 Å². The fourth-order valence-corrected chi connectivity index (χ4v) is 1.72. The molecule has 0 fully saturated rings. The Labute approximate surface area is 92.4 Å². The third-order valence-corrected chi connectivity index (χ3v) is 2.72. The summed E-state index contributed by atoms with van der Waals surface area (Å²) in [6.07, 6.45) is 3.38. The summed E-state index contributed by atoms with van der Waals surface area (Å²) in [7, 11) is 1.82. The molecule has 0 aliphatic heterocycles. The van der Waals surface area contributed by atoms with Crippen molar-refractivity contribution in [2.75, 3.05) is 5.73 Å². The van der Waals surface area contributed by atoms with Gasteiger partial charge in [0.2, 0.25) is 0 Å². The molecule has 0 amide bonds. The van der Waals surface area contributed by atoms with Gasteiger partial charge in [0.25, 0.3) is 0 Å². The third-order valence-electron chi connectivity index (χ3n) is 2.24. The van der Waals surface area contributed by atoms with Gasteiger partial charge in [-0.15, -0.1) is 0 Å². The van der Waals surface area contributed by atoms with Crippen molar-refractivity contribution in [1.82, 2.24) is 19.6 Å². The molecule has 2 N–H and O–H groups in total. The fraction of sp³-hybridized carbons (Fsp3) is 0.333. The number of hydrogen-bond donors (Lipinski definition) is 1. The zero-order valence-corrected chi connectivity index (χ0v) is 9.36. The van der Waals surface area contributed by atoms with Crippen molar-refractivity contribution < 1.29 is 0 Å². The summed E-state index contributed by atoms with van der Waals surface area (Å²) in [4.78, 5) is 0. The van der Waals surface area contributed by atoms with Gasteiger partial charge in [0, 0.05) is 18.8 Å². The molecule has 2 aromatic rings. The predicted molar refractivity (Wildman–Crippen MR) is 58.7 cm³/mol. The van der Waals surface area contributed by atoms with Crippen LogP contribution in [-0.4, -0.2) is 19.6 Å². The van der Waals surface area contributed by atoms with Crippen LogP contribution in [0.2, 0.25) is 5.15 Å². The first-order valence-corrected chi connectivity index (χ1v) is 4.91. The Morgan fingerprint density at radius 2 is 2.27 bits per heavy atom. The Morgan fingerprint density at radius 1 is 1.53 bits per heavy atom. The normalized spacial score (nSPS) is 10.9. The average molecular weight is 226 g/mol. The predicted octanol–water partition coefficient (Wildman–Crippen LogP) is 1.21. The topological polar surface area (TPSA) is 61.7 Å². The first-order valence-electron chi connectivity index (χ1n) is 4.54. The highest BCUT2D eigenvalue weighted by Gasteiger charge is 2.11. The fourth-order valence-electron chi connectivity index (χ4n) is 1.48. The van der Waals surface area contributed by atoms with Crippen LogP contribution in [-0.2, 0) is 13.6 Å². The quantitative estimate of drug-likeness (QED) is 0.836. The monoisotopic (exact) mass is 225 g/mol. The lowest BCUT2D eigenvalue weighted by Crippen LogP contribution is -2.01. The molecule has 0 aliphatic rings. The van der Waals surface area contributed by atoms with Crippen LogP contribution in [0.4, 0.5) is 5.69 Å². The highest BCUT2D eigenvalue weighted by Crippen LogP contribution is 2.19. The second-order valence-electron chi connectivity index (χ2n) is 3.45. The number of rotatable bonds is 2. The van der Waals surface area contributed by atoms with Crippen molar-refractivity contribution in [3.8, 4) is 0 Å². The van der Waals surface area contributed by atoms with Crippen LogP contribution in [0.1, 0.15) is 11.3 Å². The summed E-state index contributed by atoms with van der Waals surface area (Å²) in [5.74, 6) is 0. The summed E-state index contributed by atoms with van der Waals surface area (Å²) in [6.45, 7) is 2.52. The lowest BCUT2D eigenvalue weighted by atomic mass is 10.2. The minimum Gasteiger partial charge on any atom is -0.396 e. The van der Waals surface area contributed by atoms with Crippen LogP contribution in [0.25, 0.3) is 0 Å². The van der Waals surface area contributed by atoms with Crippen LogP contribution in [0.15, 0.2) is 12.4 Å². The Hall–Kier alpha value is -1.49. The van der Waals surface area contributed by atoms with Crippen LogP contribution in [0.5, 0.6) is 0 Å². The lowest BCUT2D eigenvalue weighted by molar-refractivity contribution is 0.684. The molecule has 0 aliphatic carbocycles. The minimum atomic E-state index is 0.593. The van der Waals surface area contributed by atoms with E-state index < -0.39 is 0 Å². The van der Waals surface area contributed by atoms with Gasteiger partial charge >= 0.3 is 0 Å². The zero-order chi connectivity index (χ0) is 11.0. The number of hydrogen-bond acceptors (Lipinski definition) is 3. The highest BCUT2D eigenvalue weighted by atomic mass is 35.5. The van der Waals surface area contributed by atoms with Gasteiger partial charge in [-0.2, -0.15) is 10.2 Å². The maximum Gasteiger partial charge on any atom is 0.132 e. The molecule has 0 saturated carbocycles. The molecule has 6 heteroatoms. The summed E-state index contributed by atoms with van der Waals surface area (Å²) in [5.41, 5.74) is 8.11. The van der Waals surface area contributed by atoms with Crippen molar-refractivity contribution in [3.05, 3.63) is 28.8 Å². The molecule has 0 atom stereocenters. The van der Waals surface area contributed by atoms with Crippen LogP contribution < -0.4 is 5.73 Å². The lowest BCUT2D eigenvalue weighted by Gasteiger charge is -2.00. The number of nitrogens with two attached hydrogens (primary N) is 1. The molecule has 2 heterocycles. The second kappa shape index (κ2) is 3.58. The molecule has 0 unspecified atom stereocenters. The first-order chi connectivity index (χ1) is 7.08. The van der Waals surface area contributed by atoms with Crippen LogP contribution in [0.3, 0.4) is 0 Å². The van der Waals surface area contributed by atoms with Crippen molar-refractivity contribution in [3.63, 3.8) is 0 Å². The van der Waals surface area contributed by atoms with Crippen molar-refractivity contribution in [2.24, 2.45) is 7.05 Å². The number of nitrogen functional groups attached to an aromatic ring is 1. The van der Waals surface area contributed by atoms with Crippen molar-refractivity contribution in [1.29, 1.82) is 0 Å². The smallest absolute Gasteiger partial charge is 0.132 e. The molecule has 0 aromatic carbocycles. The van der Waals surface area contributed by atoms with Gasteiger partial charge in [-0.25, -0.2) is 0 Å². The summed E-state index contributed by atoms with van der Waals surface area (Å²) in [6, 6.07) is 0. The van der Waals surface area contributed by atoms with Crippen LogP contribution >= 0.6 is 11.6 Å². The summed E-state index contributed by atoms with van der Waals surface area (Å²) >= 11 is 6.10. The van der Waals surface area contributed by atoms with Gasteiger partial charge in [-0.05, 0) is 6.92 Å².